The van der Waals surface area contributed by atoms with Gasteiger partial charge in [-0.1, -0.05) is 12.1 Å². The highest BCUT2D eigenvalue weighted by Crippen LogP contribution is 2.49. The molecule has 6 heteroatoms. The second kappa shape index (κ2) is 4.18. The lowest BCUT2D eigenvalue weighted by molar-refractivity contribution is 0.230. The van der Waals surface area contributed by atoms with E-state index < -0.39 is 15.4 Å². The number of carbonyl (C=O) groups excluding carboxylic acids is 1. The van der Waals surface area contributed by atoms with Gasteiger partial charge in [-0.05, 0) is 30.5 Å². The summed E-state index contributed by atoms with van der Waals surface area (Å²) < 4.78 is 27.7. The average Bonchev–Trinajstić information content (AvgIpc) is 3.09. The third-order valence-electron chi connectivity index (χ3n) is 3.54. The number of nitrogens with zero attached hydrogens (tertiary/aromatic N) is 1. The molecule has 1 aromatic carbocycles. The fourth-order valence-electron chi connectivity index (χ4n) is 2.31. The summed E-state index contributed by atoms with van der Waals surface area (Å²) >= 11 is 0. The molecule has 2 fully saturated rings. The van der Waals surface area contributed by atoms with Gasteiger partial charge in [-0.2, -0.15) is 4.99 Å². The summed E-state index contributed by atoms with van der Waals surface area (Å²) in [5.74, 6) is 0.786. The van der Waals surface area contributed by atoms with Gasteiger partial charge in [-0.15, -0.1) is 0 Å². The molecule has 0 spiro atoms. The Balaban J connectivity index is 1.76. The summed E-state index contributed by atoms with van der Waals surface area (Å²) in [6.45, 7) is 0. The Morgan fingerprint density at radius 1 is 1.32 bits per heavy atom. The molecule has 2 aliphatic rings. The topological polar surface area (TPSA) is 72.8 Å². The second-order valence-corrected chi connectivity index (χ2v) is 7.23. The maximum absolute atomic E-state index is 11.1. The average molecular weight is 279 g/mol. The van der Waals surface area contributed by atoms with E-state index in [2.05, 4.69) is 4.99 Å². The normalized spacial score (nSPS) is 22.9. The van der Waals surface area contributed by atoms with E-state index in [1.807, 2.05) is 18.2 Å². The predicted molar refractivity (Wildman–Crippen MR) is 68.5 cm³/mol. The van der Waals surface area contributed by atoms with Gasteiger partial charge in [0.15, 0.2) is 9.84 Å². The van der Waals surface area contributed by atoms with Gasteiger partial charge in [0.1, 0.15) is 11.9 Å². The largest absolute Gasteiger partial charge is 0.488 e. The lowest BCUT2D eigenvalue weighted by atomic mass is 10.1. The van der Waals surface area contributed by atoms with Crippen molar-refractivity contribution in [1.82, 2.24) is 0 Å². The van der Waals surface area contributed by atoms with E-state index in [1.54, 1.807) is 12.1 Å². The van der Waals surface area contributed by atoms with Crippen LogP contribution in [-0.2, 0) is 20.2 Å². The van der Waals surface area contributed by atoms with E-state index in [9.17, 15) is 13.2 Å². The molecule has 1 aliphatic heterocycles. The summed E-state index contributed by atoms with van der Waals surface area (Å²) in [7, 11) is -2.88. The molecule has 0 atom stereocenters. The highest BCUT2D eigenvalue weighted by atomic mass is 32.2. The van der Waals surface area contributed by atoms with E-state index in [4.69, 9.17) is 4.74 Å². The number of hydrogen-bond acceptors (Lipinski definition) is 5. The molecule has 1 saturated heterocycles. The molecule has 1 heterocycles. The molecule has 0 bridgehead atoms. The predicted octanol–water partition coefficient (Wildman–Crippen LogP) is 1.19. The summed E-state index contributed by atoms with van der Waals surface area (Å²) in [5.41, 5.74) is 0.503. The molecule has 19 heavy (non-hydrogen) atoms. The monoisotopic (exact) mass is 279 g/mol. The van der Waals surface area contributed by atoms with Gasteiger partial charge in [-0.3, -0.25) is 0 Å². The Morgan fingerprint density at radius 3 is 2.63 bits per heavy atom. The molecule has 0 radical (unpaired) electrons. The molecule has 0 unspecified atom stereocenters. The molecule has 3 rings (SSSR count). The minimum Gasteiger partial charge on any atom is -0.488 e. The van der Waals surface area contributed by atoms with Crippen LogP contribution in [0.25, 0.3) is 0 Å². The molecular weight excluding hydrogens is 266 g/mol. The van der Waals surface area contributed by atoms with Gasteiger partial charge in [0.25, 0.3) is 0 Å². The van der Waals surface area contributed by atoms with Crippen molar-refractivity contribution < 1.29 is 17.9 Å². The minimum atomic E-state index is -2.88. The van der Waals surface area contributed by atoms with Gasteiger partial charge >= 0.3 is 0 Å². The second-order valence-electron chi connectivity index (χ2n) is 5.08. The van der Waals surface area contributed by atoms with Crippen LogP contribution in [0.15, 0.2) is 29.3 Å². The Labute approximate surface area is 111 Å². The van der Waals surface area contributed by atoms with Crippen molar-refractivity contribution in [3.8, 4) is 5.75 Å². The zero-order valence-corrected chi connectivity index (χ0v) is 11.0. The minimum absolute atomic E-state index is 0.0782. The molecule has 5 nitrogen and oxygen atoms in total. The van der Waals surface area contributed by atoms with Crippen molar-refractivity contribution in [2.45, 2.75) is 24.5 Å². The van der Waals surface area contributed by atoms with E-state index in [0.29, 0.717) is 5.75 Å². The van der Waals surface area contributed by atoms with E-state index in [-0.39, 0.29) is 17.6 Å². The Hall–Kier alpha value is -1.65. The number of aliphatic imine (C=N–C) groups is 1. The lowest BCUT2D eigenvalue weighted by Gasteiger charge is -2.26. The molecule has 0 aromatic heterocycles. The van der Waals surface area contributed by atoms with E-state index in [0.717, 1.165) is 18.4 Å². The van der Waals surface area contributed by atoms with E-state index >= 15 is 0 Å². The number of hydrogen-bond donors (Lipinski definition) is 0. The van der Waals surface area contributed by atoms with Crippen LogP contribution in [0.3, 0.4) is 0 Å². The summed E-state index contributed by atoms with van der Waals surface area (Å²) in [6, 6.07) is 7.35. The molecule has 1 saturated carbocycles. The highest BCUT2D eigenvalue weighted by molar-refractivity contribution is 7.92. The van der Waals surface area contributed by atoms with Crippen LogP contribution in [0.4, 0.5) is 0 Å². The first kappa shape index (κ1) is 12.4. The molecular formula is C13H13NO4S. The van der Waals surface area contributed by atoms with Crippen molar-refractivity contribution in [3.63, 3.8) is 0 Å². The zero-order valence-electron chi connectivity index (χ0n) is 10.2. The summed E-state index contributed by atoms with van der Waals surface area (Å²) in [5, 5.41) is 0. The summed E-state index contributed by atoms with van der Waals surface area (Å²) in [6.07, 6.45) is 3.03. The van der Waals surface area contributed by atoms with Gasteiger partial charge in [-0.25, -0.2) is 13.2 Å². The third-order valence-corrected chi connectivity index (χ3v) is 5.30. The molecule has 100 valence electrons. The first-order chi connectivity index (χ1) is 9.03. The number of isocyanates is 1. The first-order valence-electron chi connectivity index (χ1n) is 6.10. The maximum atomic E-state index is 11.1. The van der Waals surface area contributed by atoms with Crippen LogP contribution in [0.1, 0.15) is 18.4 Å². The van der Waals surface area contributed by atoms with Gasteiger partial charge in [0.2, 0.25) is 6.08 Å². The number of rotatable bonds is 4. The number of sulfone groups is 1. The Bertz CT molecular complexity index is 645. The summed E-state index contributed by atoms with van der Waals surface area (Å²) in [4.78, 5) is 14.3. The fourth-order valence-corrected chi connectivity index (χ4v) is 3.48. The smallest absolute Gasteiger partial charge is 0.235 e. The van der Waals surface area contributed by atoms with Crippen molar-refractivity contribution in [1.29, 1.82) is 0 Å². The van der Waals surface area contributed by atoms with Crippen molar-refractivity contribution >= 4 is 15.9 Å². The quantitative estimate of drug-likeness (QED) is 0.613. The standard InChI is InChI=1S/C13H13NO4S/c15-9-14-13(4-5-13)10-2-1-3-11(6-10)18-12-7-19(16,17)8-12/h1-3,6,12H,4-5,7-8H2. The van der Waals surface area contributed by atoms with Crippen LogP contribution in [0.2, 0.25) is 0 Å². The third kappa shape index (κ3) is 2.41. The lowest BCUT2D eigenvalue weighted by Crippen LogP contribution is -2.45. The number of ether oxygens (including phenoxy) is 1. The fraction of sp³-hybridized carbons (Fsp3) is 0.462. The zero-order chi connectivity index (χ0) is 13.5. The van der Waals surface area contributed by atoms with Crippen LogP contribution >= 0.6 is 0 Å². The first-order valence-corrected chi connectivity index (χ1v) is 7.92. The maximum Gasteiger partial charge on any atom is 0.235 e. The molecule has 1 aliphatic carbocycles. The van der Waals surface area contributed by atoms with Crippen molar-refractivity contribution in [3.05, 3.63) is 29.8 Å². The SMILES string of the molecule is O=C=NC1(c2cccc(OC3CS(=O)(=O)C3)c2)CC1. The van der Waals surface area contributed by atoms with Gasteiger partial charge < -0.3 is 4.74 Å². The van der Waals surface area contributed by atoms with Crippen molar-refractivity contribution in [2.24, 2.45) is 4.99 Å². The Kier molecular flexibility index (Phi) is 2.73. The van der Waals surface area contributed by atoms with Crippen LogP contribution in [-0.4, -0.2) is 32.1 Å². The van der Waals surface area contributed by atoms with Crippen LogP contribution < -0.4 is 4.74 Å². The van der Waals surface area contributed by atoms with Gasteiger partial charge in [0, 0.05) is 0 Å². The Morgan fingerprint density at radius 2 is 2.05 bits per heavy atom. The molecule has 0 amide bonds. The van der Waals surface area contributed by atoms with Gasteiger partial charge in [0.05, 0.1) is 17.0 Å². The molecule has 1 aromatic rings. The van der Waals surface area contributed by atoms with Crippen molar-refractivity contribution in [2.75, 3.05) is 11.5 Å². The van der Waals surface area contributed by atoms with Crippen LogP contribution in [0.5, 0.6) is 5.75 Å². The van der Waals surface area contributed by atoms with E-state index in [1.165, 1.54) is 0 Å². The van der Waals surface area contributed by atoms with Crippen LogP contribution in [0, 0.1) is 0 Å². The highest BCUT2D eigenvalue weighted by Gasteiger charge is 2.45. The number of benzene rings is 1. The molecule has 0 N–H and O–H groups in total.